The smallest absolute Gasteiger partial charge is 0.243 e. The van der Waals surface area contributed by atoms with E-state index in [2.05, 4.69) is 0 Å². The van der Waals surface area contributed by atoms with Crippen molar-refractivity contribution in [3.63, 3.8) is 0 Å². The fraction of sp³-hybridized carbons (Fsp3) is 0.303. The van der Waals surface area contributed by atoms with E-state index in [1.807, 2.05) is 21.9 Å². The number of aryl methyl sites for hydroxylation is 1. The lowest BCUT2D eigenvalue weighted by Crippen LogP contribution is -2.47. The summed E-state index contributed by atoms with van der Waals surface area (Å²) >= 11 is 12.5. The highest BCUT2D eigenvalue weighted by Gasteiger charge is 2.39. The molecule has 13 heteroatoms. The Balaban J connectivity index is 1.22. The Kier molecular flexibility index (Phi) is 9.56. The van der Waals surface area contributed by atoms with Gasteiger partial charge in [0.1, 0.15) is 11.6 Å². The zero-order valence-corrected chi connectivity index (χ0v) is 27.1. The molecule has 3 heterocycles. The molecule has 0 saturated carbocycles. The number of rotatable bonds is 9. The summed E-state index contributed by atoms with van der Waals surface area (Å²) in [6.07, 6.45) is 1.29. The van der Waals surface area contributed by atoms with E-state index in [1.54, 1.807) is 30.3 Å². The van der Waals surface area contributed by atoms with Crippen LogP contribution in [0.25, 0.3) is 11.3 Å². The predicted octanol–water partition coefficient (Wildman–Crippen LogP) is 6.41. The molecule has 6 rings (SSSR count). The van der Waals surface area contributed by atoms with Crippen molar-refractivity contribution in [2.75, 3.05) is 42.5 Å². The number of hydrogen-bond donors (Lipinski definition) is 0. The van der Waals surface area contributed by atoms with Gasteiger partial charge in [-0.15, -0.1) is 0 Å². The second-order valence-electron chi connectivity index (χ2n) is 11.3. The highest BCUT2D eigenvalue weighted by atomic mass is 35.5. The van der Waals surface area contributed by atoms with Gasteiger partial charge in [0.05, 0.1) is 32.4 Å². The van der Waals surface area contributed by atoms with E-state index in [4.69, 9.17) is 33.2 Å². The zero-order chi connectivity index (χ0) is 32.4. The van der Waals surface area contributed by atoms with E-state index in [0.29, 0.717) is 72.1 Å². The van der Waals surface area contributed by atoms with E-state index >= 15 is 0 Å². The summed E-state index contributed by atoms with van der Waals surface area (Å²) in [5.41, 5.74) is 2.49. The molecule has 1 aromatic heterocycles. The highest BCUT2D eigenvalue weighted by Crippen LogP contribution is 2.31. The summed E-state index contributed by atoms with van der Waals surface area (Å²) in [6.45, 7) is 2.45. The standard InChI is InChI=1S/C33H31Cl2F2N5O3S/c34-26-13-7-22(20-27(26)35)29-21-24(38-33(39-29)41-18-16-40(17-19-41)30-5-2-1-4-28(30)37)10-14-32(43)31-6-3-15-42(31)46(44,45)25-11-8-23(36)9-12-25/h1-2,4-5,7-9,11-13,20-21,31H,3,6,10,14-19H2/t31-/m0/s1. The summed E-state index contributed by atoms with van der Waals surface area (Å²) in [5, 5.41) is 0.782. The van der Waals surface area contributed by atoms with Gasteiger partial charge in [0.25, 0.3) is 0 Å². The van der Waals surface area contributed by atoms with E-state index in [-0.39, 0.29) is 35.9 Å². The molecule has 0 N–H and O–H groups in total. The topological polar surface area (TPSA) is 86.7 Å². The number of carbonyl (C=O) groups excluding carboxylic acids is 1. The first-order valence-corrected chi connectivity index (χ1v) is 17.2. The number of benzene rings is 3. The molecule has 2 aliphatic rings. The Morgan fingerprint density at radius 1 is 0.848 bits per heavy atom. The number of hydrogen-bond acceptors (Lipinski definition) is 7. The van der Waals surface area contributed by atoms with Crippen LogP contribution in [-0.2, 0) is 21.2 Å². The number of halogens is 4. The average molecular weight is 687 g/mol. The zero-order valence-electron chi connectivity index (χ0n) is 24.8. The second-order valence-corrected chi connectivity index (χ2v) is 14.0. The maximum absolute atomic E-state index is 14.4. The molecule has 46 heavy (non-hydrogen) atoms. The minimum atomic E-state index is -3.97. The Hall–Kier alpha value is -3.64. The van der Waals surface area contributed by atoms with Gasteiger partial charge in [-0.25, -0.2) is 27.2 Å². The van der Waals surface area contributed by atoms with Crippen LogP contribution in [0.4, 0.5) is 20.4 Å². The Labute approximate surface area is 276 Å². The Bertz CT molecular complexity index is 1850. The van der Waals surface area contributed by atoms with Crippen LogP contribution in [0.5, 0.6) is 0 Å². The molecule has 4 aromatic rings. The molecule has 0 spiro atoms. The van der Waals surface area contributed by atoms with Crippen molar-refractivity contribution in [3.05, 3.63) is 100 Å². The maximum atomic E-state index is 14.4. The molecule has 8 nitrogen and oxygen atoms in total. The number of carbonyl (C=O) groups is 1. The van der Waals surface area contributed by atoms with Crippen molar-refractivity contribution in [1.82, 2.24) is 14.3 Å². The normalized spacial score (nSPS) is 17.4. The van der Waals surface area contributed by atoms with Crippen molar-refractivity contribution in [2.45, 2.75) is 36.6 Å². The molecular formula is C33H31Cl2F2N5O3S. The molecule has 0 radical (unpaired) electrons. The van der Waals surface area contributed by atoms with E-state index in [9.17, 15) is 22.0 Å². The maximum Gasteiger partial charge on any atom is 0.243 e. The number of ketones is 1. The number of aromatic nitrogens is 2. The largest absolute Gasteiger partial charge is 0.366 e. The molecule has 3 aromatic carbocycles. The SMILES string of the molecule is O=C(CCc1cc(-c2ccc(Cl)c(Cl)c2)nc(N2CCN(c3ccccc3F)CC2)n1)[C@@H]1CCCN1S(=O)(=O)c1ccc(F)cc1. The lowest BCUT2D eigenvalue weighted by Gasteiger charge is -2.36. The number of sulfonamides is 1. The average Bonchev–Trinajstić information content (AvgIpc) is 3.57. The van der Waals surface area contributed by atoms with Crippen LogP contribution < -0.4 is 9.80 Å². The second kappa shape index (κ2) is 13.6. The van der Waals surface area contributed by atoms with Crippen molar-refractivity contribution >= 4 is 50.6 Å². The van der Waals surface area contributed by atoms with Crippen LogP contribution in [0.3, 0.4) is 0 Å². The third-order valence-corrected chi connectivity index (χ3v) is 11.0. The lowest BCUT2D eigenvalue weighted by molar-refractivity contribution is -0.122. The Morgan fingerprint density at radius 3 is 2.28 bits per heavy atom. The predicted molar refractivity (Wildman–Crippen MR) is 175 cm³/mol. The first-order chi connectivity index (χ1) is 22.1. The summed E-state index contributed by atoms with van der Waals surface area (Å²) in [4.78, 5) is 27.1. The quantitative estimate of drug-likeness (QED) is 0.201. The van der Waals surface area contributed by atoms with E-state index in [1.165, 1.54) is 22.5 Å². The summed E-state index contributed by atoms with van der Waals surface area (Å²) in [6, 6.07) is 17.5. The first-order valence-electron chi connectivity index (χ1n) is 15.0. The van der Waals surface area contributed by atoms with Crippen LogP contribution >= 0.6 is 23.2 Å². The van der Waals surface area contributed by atoms with Gasteiger partial charge >= 0.3 is 0 Å². The molecule has 0 aliphatic carbocycles. The molecular weight excluding hydrogens is 655 g/mol. The van der Waals surface area contributed by atoms with E-state index < -0.39 is 21.9 Å². The molecule has 2 fully saturated rings. The fourth-order valence-electron chi connectivity index (χ4n) is 5.92. The van der Waals surface area contributed by atoms with Crippen molar-refractivity contribution in [2.24, 2.45) is 0 Å². The molecule has 0 bridgehead atoms. The number of anilines is 2. The molecule has 2 aliphatic heterocycles. The molecule has 240 valence electrons. The minimum absolute atomic E-state index is 0.0459. The number of piperazine rings is 1. The molecule has 0 amide bonds. The summed E-state index contributed by atoms with van der Waals surface area (Å²) in [5.74, 6) is -0.546. The summed E-state index contributed by atoms with van der Waals surface area (Å²) in [7, 11) is -3.97. The number of nitrogens with zero attached hydrogens (tertiary/aromatic N) is 5. The Morgan fingerprint density at radius 2 is 1.57 bits per heavy atom. The van der Waals surface area contributed by atoms with Crippen LogP contribution in [0.15, 0.2) is 77.7 Å². The van der Waals surface area contributed by atoms with Gasteiger partial charge in [-0.1, -0.05) is 41.4 Å². The third-order valence-electron chi connectivity index (χ3n) is 8.36. The lowest BCUT2D eigenvalue weighted by atomic mass is 10.0. The molecule has 0 unspecified atom stereocenters. The van der Waals surface area contributed by atoms with Crippen molar-refractivity contribution in [1.29, 1.82) is 0 Å². The minimum Gasteiger partial charge on any atom is -0.366 e. The highest BCUT2D eigenvalue weighted by molar-refractivity contribution is 7.89. The van der Waals surface area contributed by atoms with Crippen molar-refractivity contribution in [3.8, 4) is 11.3 Å². The number of para-hydroxylation sites is 1. The van der Waals surface area contributed by atoms with Gasteiger partial charge in [0.2, 0.25) is 16.0 Å². The van der Waals surface area contributed by atoms with Crippen LogP contribution in [-0.4, -0.2) is 67.2 Å². The van der Waals surface area contributed by atoms with Crippen LogP contribution in [0.1, 0.15) is 25.0 Å². The van der Waals surface area contributed by atoms with Gasteiger partial charge in [-0.05, 0) is 73.9 Å². The monoisotopic (exact) mass is 685 g/mol. The van der Waals surface area contributed by atoms with E-state index in [0.717, 1.165) is 17.7 Å². The van der Waals surface area contributed by atoms with Crippen molar-refractivity contribution < 1.29 is 22.0 Å². The fourth-order valence-corrected chi connectivity index (χ4v) is 7.90. The summed E-state index contributed by atoms with van der Waals surface area (Å²) < 4.78 is 55.7. The molecule has 1 atom stereocenters. The van der Waals surface area contributed by atoms with Gasteiger partial charge in [-0.2, -0.15) is 4.31 Å². The van der Waals surface area contributed by atoms with Gasteiger partial charge < -0.3 is 9.80 Å². The van der Waals surface area contributed by atoms with Crippen LogP contribution in [0.2, 0.25) is 10.0 Å². The van der Waals surface area contributed by atoms with Crippen LogP contribution in [0, 0.1) is 11.6 Å². The number of Topliss-reactive ketones (excluding diaryl/α,β-unsaturated/α-hetero) is 1. The first kappa shape index (κ1) is 32.3. The van der Waals surface area contributed by atoms with Gasteiger partial charge in [0.15, 0.2) is 5.78 Å². The van der Waals surface area contributed by atoms with Gasteiger partial charge in [0, 0.05) is 50.4 Å². The van der Waals surface area contributed by atoms with Gasteiger partial charge in [-0.3, -0.25) is 4.79 Å². The third kappa shape index (κ3) is 6.88. The molecule has 2 saturated heterocycles.